The Morgan fingerprint density at radius 2 is 2.42 bits per heavy atom. The van der Waals surface area contributed by atoms with Crippen molar-refractivity contribution in [3.8, 4) is 0 Å². The lowest BCUT2D eigenvalue weighted by Gasteiger charge is -2.23. The molecule has 0 saturated carbocycles. The van der Waals surface area contributed by atoms with Crippen molar-refractivity contribution in [2.75, 3.05) is 13.6 Å². The van der Waals surface area contributed by atoms with E-state index in [0.717, 1.165) is 12.1 Å². The molecular formula is C13H16N2O3S. The fourth-order valence-electron chi connectivity index (χ4n) is 1.99. The molecule has 0 fully saturated rings. The maximum atomic E-state index is 11.4. The Bertz CT molecular complexity index is 536. The van der Waals surface area contributed by atoms with Crippen LogP contribution in [0.2, 0.25) is 0 Å². The molecule has 0 bridgehead atoms. The molecular weight excluding hydrogens is 264 g/mol. The van der Waals surface area contributed by atoms with Crippen LogP contribution in [0.5, 0.6) is 0 Å². The van der Waals surface area contributed by atoms with E-state index in [2.05, 4.69) is 4.98 Å². The zero-order valence-corrected chi connectivity index (χ0v) is 11.7. The molecule has 6 heteroatoms. The summed E-state index contributed by atoms with van der Waals surface area (Å²) < 4.78 is 4.97. The Morgan fingerprint density at radius 3 is 2.95 bits per heavy atom. The molecule has 0 aliphatic heterocycles. The summed E-state index contributed by atoms with van der Waals surface area (Å²) in [7, 11) is 1.81. The Hall–Kier alpha value is -1.66. The molecule has 0 amide bonds. The standard InChI is InChI=1S/C13H16N2O3S/c1-9-11(19-8-14-9)3-5-15(2)12(13(16)17)10-4-6-18-7-10/h4,6-8,12H,3,5H2,1-2H3,(H,16,17)/t12-/m0/s1. The molecule has 2 rings (SSSR count). The van der Waals surface area contributed by atoms with Gasteiger partial charge in [-0.05, 0) is 26.5 Å². The summed E-state index contributed by atoms with van der Waals surface area (Å²) >= 11 is 1.61. The second-order valence-corrected chi connectivity index (χ2v) is 5.33. The van der Waals surface area contributed by atoms with Crippen molar-refractivity contribution in [3.63, 3.8) is 0 Å². The molecule has 0 radical (unpaired) electrons. The van der Waals surface area contributed by atoms with Crippen LogP contribution in [0.4, 0.5) is 0 Å². The molecule has 2 aromatic heterocycles. The minimum absolute atomic E-state index is 0.658. The number of rotatable bonds is 6. The Morgan fingerprint density at radius 1 is 1.63 bits per heavy atom. The quantitative estimate of drug-likeness (QED) is 0.879. The third-order valence-corrected chi connectivity index (χ3v) is 4.06. The van der Waals surface area contributed by atoms with E-state index in [0.29, 0.717) is 12.1 Å². The van der Waals surface area contributed by atoms with E-state index in [-0.39, 0.29) is 0 Å². The highest BCUT2D eigenvalue weighted by molar-refractivity contribution is 7.09. The summed E-state index contributed by atoms with van der Waals surface area (Å²) in [5, 5.41) is 9.33. The van der Waals surface area contributed by atoms with Gasteiger partial charge in [0.1, 0.15) is 6.04 Å². The fraction of sp³-hybridized carbons (Fsp3) is 0.385. The summed E-state index contributed by atoms with van der Waals surface area (Å²) in [6.45, 7) is 2.63. The van der Waals surface area contributed by atoms with Crippen molar-refractivity contribution >= 4 is 17.3 Å². The van der Waals surface area contributed by atoms with Gasteiger partial charge in [-0.2, -0.15) is 0 Å². The van der Waals surface area contributed by atoms with Crippen LogP contribution in [0.3, 0.4) is 0 Å². The highest BCUT2D eigenvalue weighted by Gasteiger charge is 2.25. The summed E-state index contributed by atoms with van der Waals surface area (Å²) in [5.41, 5.74) is 3.50. The Labute approximate surface area is 115 Å². The van der Waals surface area contributed by atoms with E-state index >= 15 is 0 Å². The minimum Gasteiger partial charge on any atom is -0.480 e. The van der Waals surface area contributed by atoms with Crippen molar-refractivity contribution in [1.29, 1.82) is 0 Å². The number of carbonyl (C=O) groups is 1. The predicted octanol–water partition coefficient (Wildman–Crippen LogP) is 2.34. The van der Waals surface area contributed by atoms with E-state index < -0.39 is 12.0 Å². The highest BCUT2D eigenvalue weighted by atomic mass is 32.1. The monoisotopic (exact) mass is 280 g/mol. The van der Waals surface area contributed by atoms with E-state index in [1.165, 1.54) is 17.4 Å². The van der Waals surface area contributed by atoms with Crippen LogP contribution in [0, 0.1) is 6.92 Å². The van der Waals surface area contributed by atoms with Crippen LogP contribution in [0.15, 0.2) is 28.5 Å². The van der Waals surface area contributed by atoms with Crippen LogP contribution in [0.1, 0.15) is 22.2 Å². The van der Waals surface area contributed by atoms with Gasteiger partial charge in [0.15, 0.2) is 0 Å². The van der Waals surface area contributed by atoms with Gasteiger partial charge in [-0.1, -0.05) is 0 Å². The van der Waals surface area contributed by atoms with Crippen LogP contribution < -0.4 is 0 Å². The van der Waals surface area contributed by atoms with Crippen LogP contribution >= 0.6 is 11.3 Å². The van der Waals surface area contributed by atoms with Crippen LogP contribution in [-0.2, 0) is 11.2 Å². The average molecular weight is 280 g/mol. The number of likely N-dealkylation sites (N-methyl/N-ethyl adjacent to an activating group) is 1. The predicted molar refractivity (Wildman–Crippen MR) is 72.3 cm³/mol. The normalized spacial score (nSPS) is 12.8. The molecule has 0 aromatic carbocycles. The SMILES string of the molecule is Cc1ncsc1CCN(C)[C@H](C(=O)O)c1ccoc1. The van der Waals surface area contributed by atoms with Gasteiger partial charge in [0, 0.05) is 17.0 Å². The zero-order valence-electron chi connectivity index (χ0n) is 10.9. The van der Waals surface area contributed by atoms with Gasteiger partial charge in [0.25, 0.3) is 0 Å². The molecule has 102 valence electrons. The lowest BCUT2D eigenvalue weighted by Crippen LogP contribution is -2.32. The van der Waals surface area contributed by atoms with Gasteiger partial charge < -0.3 is 9.52 Å². The second kappa shape index (κ2) is 5.99. The summed E-state index contributed by atoms with van der Waals surface area (Å²) in [5.74, 6) is -0.870. The minimum atomic E-state index is -0.870. The lowest BCUT2D eigenvalue weighted by molar-refractivity contribution is -0.143. The van der Waals surface area contributed by atoms with Gasteiger partial charge in [0.2, 0.25) is 0 Å². The summed E-state index contributed by atoms with van der Waals surface area (Å²) in [6, 6.07) is 1.01. The number of aromatic nitrogens is 1. The summed E-state index contributed by atoms with van der Waals surface area (Å²) in [6.07, 6.45) is 3.77. The first-order chi connectivity index (χ1) is 9.09. The van der Waals surface area contributed by atoms with Crippen LogP contribution in [0.25, 0.3) is 0 Å². The number of hydrogen-bond acceptors (Lipinski definition) is 5. The molecule has 0 aliphatic rings. The topological polar surface area (TPSA) is 66.6 Å². The smallest absolute Gasteiger partial charge is 0.325 e. The van der Waals surface area contributed by atoms with Crippen molar-refractivity contribution < 1.29 is 14.3 Å². The van der Waals surface area contributed by atoms with Crippen molar-refractivity contribution in [1.82, 2.24) is 9.88 Å². The number of carboxylic acid groups (broad SMARTS) is 1. The molecule has 2 aromatic rings. The Kier molecular flexibility index (Phi) is 4.34. The lowest BCUT2D eigenvalue weighted by atomic mass is 10.1. The molecule has 0 spiro atoms. The molecule has 5 nitrogen and oxygen atoms in total. The fourth-order valence-corrected chi connectivity index (χ4v) is 2.76. The van der Waals surface area contributed by atoms with Crippen molar-refractivity contribution in [2.45, 2.75) is 19.4 Å². The number of thiazole rings is 1. The van der Waals surface area contributed by atoms with Crippen molar-refractivity contribution in [3.05, 3.63) is 40.2 Å². The van der Waals surface area contributed by atoms with E-state index in [1.54, 1.807) is 17.4 Å². The van der Waals surface area contributed by atoms with Gasteiger partial charge in [0.05, 0.1) is 23.7 Å². The highest BCUT2D eigenvalue weighted by Crippen LogP contribution is 2.21. The van der Waals surface area contributed by atoms with Gasteiger partial charge in [-0.15, -0.1) is 11.3 Å². The number of hydrogen-bond donors (Lipinski definition) is 1. The van der Waals surface area contributed by atoms with E-state index in [4.69, 9.17) is 4.42 Å². The largest absolute Gasteiger partial charge is 0.480 e. The molecule has 19 heavy (non-hydrogen) atoms. The molecule has 0 unspecified atom stereocenters. The summed E-state index contributed by atoms with van der Waals surface area (Å²) in [4.78, 5) is 18.6. The third-order valence-electron chi connectivity index (χ3n) is 3.07. The molecule has 1 atom stereocenters. The average Bonchev–Trinajstić information content (AvgIpc) is 2.98. The molecule has 1 N–H and O–H groups in total. The van der Waals surface area contributed by atoms with Crippen molar-refractivity contribution in [2.24, 2.45) is 0 Å². The first kappa shape index (κ1) is 13.8. The number of aliphatic carboxylic acids is 1. The van der Waals surface area contributed by atoms with Gasteiger partial charge in [-0.25, -0.2) is 4.98 Å². The molecule has 2 heterocycles. The first-order valence-electron chi connectivity index (χ1n) is 5.93. The maximum Gasteiger partial charge on any atom is 0.325 e. The molecule has 0 saturated heterocycles. The number of carboxylic acids is 1. The number of nitrogens with zero attached hydrogens (tertiary/aromatic N) is 2. The van der Waals surface area contributed by atoms with E-state index in [9.17, 15) is 9.90 Å². The van der Waals surface area contributed by atoms with E-state index in [1.807, 2.05) is 24.4 Å². The Balaban J connectivity index is 2.03. The van der Waals surface area contributed by atoms with Gasteiger partial charge >= 0.3 is 5.97 Å². The number of furan rings is 1. The maximum absolute atomic E-state index is 11.4. The van der Waals surface area contributed by atoms with Crippen LogP contribution in [-0.4, -0.2) is 34.6 Å². The van der Waals surface area contributed by atoms with Gasteiger partial charge in [-0.3, -0.25) is 9.69 Å². The first-order valence-corrected chi connectivity index (χ1v) is 6.81. The number of aryl methyl sites for hydroxylation is 1. The third kappa shape index (κ3) is 3.21. The zero-order chi connectivity index (χ0) is 13.8. The second-order valence-electron chi connectivity index (χ2n) is 4.39. The molecule has 0 aliphatic carbocycles.